The van der Waals surface area contributed by atoms with Crippen LogP contribution in [-0.2, 0) is 17.1 Å². The smallest absolute Gasteiger partial charge is 0.339 e. The van der Waals surface area contributed by atoms with Crippen molar-refractivity contribution >= 4 is 17.7 Å². The molecular formula is C20H18FNO3S. The van der Waals surface area contributed by atoms with Gasteiger partial charge in [0.25, 0.3) is 0 Å². The third-order valence-corrected chi connectivity index (χ3v) is 5.08. The molecule has 0 spiro atoms. The van der Waals surface area contributed by atoms with E-state index >= 15 is 0 Å². The highest BCUT2D eigenvalue weighted by Gasteiger charge is 2.16. The van der Waals surface area contributed by atoms with Crippen LogP contribution in [0.3, 0.4) is 0 Å². The summed E-state index contributed by atoms with van der Waals surface area (Å²) in [5.41, 5.74) is 2.67. The maximum absolute atomic E-state index is 13.7. The largest absolute Gasteiger partial charge is 0.457 e. The van der Waals surface area contributed by atoms with E-state index in [1.54, 1.807) is 30.3 Å². The monoisotopic (exact) mass is 371 g/mol. The molecule has 0 bridgehead atoms. The summed E-state index contributed by atoms with van der Waals surface area (Å²) >= 11 is 1.51. The van der Waals surface area contributed by atoms with Crippen LogP contribution in [0.2, 0.25) is 0 Å². The number of hydrogen-bond donors (Lipinski definition) is 0. The Bertz CT molecular complexity index is 903. The first-order valence-corrected chi connectivity index (χ1v) is 9.09. The first-order valence-electron chi connectivity index (χ1n) is 8.10. The van der Waals surface area contributed by atoms with Crippen LogP contribution >= 0.6 is 11.8 Å². The molecular weight excluding hydrogens is 353 g/mol. The van der Waals surface area contributed by atoms with Gasteiger partial charge in [0.05, 0.1) is 11.3 Å². The van der Waals surface area contributed by atoms with Gasteiger partial charge in [0.2, 0.25) is 0 Å². The summed E-state index contributed by atoms with van der Waals surface area (Å²) in [6, 6.07) is 13.5. The maximum atomic E-state index is 13.7. The van der Waals surface area contributed by atoms with E-state index in [9.17, 15) is 9.18 Å². The molecule has 1 heterocycles. The number of rotatable bonds is 6. The zero-order chi connectivity index (χ0) is 18.5. The average Bonchev–Trinajstić information content (AvgIpc) is 2.97. The van der Waals surface area contributed by atoms with Crippen molar-refractivity contribution in [3.63, 3.8) is 0 Å². The van der Waals surface area contributed by atoms with Crippen LogP contribution in [0, 0.1) is 19.7 Å². The van der Waals surface area contributed by atoms with Gasteiger partial charge in [-0.2, -0.15) is 0 Å². The van der Waals surface area contributed by atoms with E-state index in [4.69, 9.17) is 9.26 Å². The molecule has 0 atom stereocenters. The van der Waals surface area contributed by atoms with E-state index in [1.807, 2.05) is 26.0 Å². The molecule has 134 valence electrons. The number of hydrogen-bond acceptors (Lipinski definition) is 5. The fourth-order valence-electron chi connectivity index (χ4n) is 2.46. The lowest BCUT2D eigenvalue weighted by atomic mass is 10.2. The molecule has 0 aliphatic rings. The Kier molecular flexibility index (Phi) is 5.73. The molecule has 0 aliphatic carbocycles. The Morgan fingerprint density at radius 3 is 2.62 bits per heavy atom. The minimum absolute atomic E-state index is 0.103. The predicted molar refractivity (Wildman–Crippen MR) is 97.5 cm³/mol. The van der Waals surface area contributed by atoms with Crippen LogP contribution in [0.5, 0.6) is 0 Å². The summed E-state index contributed by atoms with van der Waals surface area (Å²) in [6.45, 7) is 3.65. The second-order valence-electron chi connectivity index (χ2n) is 5.76. The van der Waals surface area contributed by atoms with Crippen molar-refractivity contribution in [2.45, 2.75) is 31.1 Å². The number of esters is 1. The number of aryl methyl sites for hydroxylation is 2. The Morgan fingerprint density at radius 1 is 1.15 bits per heavy atom. The second kappa shape index (κ2) is 8.19. The lowest BCUT2D eigenvalue weighted by molar-refractivity contribution is 0.0465. The molecule has 0 saturated carbocycles. The third-order valence-electron chi connectivity index (χ3n) is 3.98. The van der Waals surface area contributed by atoms with E-state index < -0.39 is 5.97 Å². The molecule has 4 nitrogen and oxygen atoms in total. The first-order chi connectivity index (χ1) is 12.6. The van der Waals surface area contributed by atoms with Crippen molar-refractivity contribution in [1.82, 2.24) is 5.16 Å². The highest BCUT2D eigenvalue weighted by Crippen LogP contribution is 2.29. The molecule has 26 heavy (non-hydrogen) atoms. The van der Waals surface area contributed by atoms with Gasteiger partial charge in [-0.1, -0.05) is 35.5 Å². The Hall–Kier alpha value is -2.60. The molecule has 0 amide bonds. The van der Waals surface area contributed by atoms with Gasteiger partial charge in [0.1, 0.15) is 18.2 Å². The summed E-state index contributed by atoms with van der Waals surface area (Å²) in [5, 5.41) is 3.94. The number of carbonyl (C=O) groups is 1. The molecule has 0 unspecified atom stereocenters. The zero-order valence-electron chi connectivity index (χ0n) is 14.5. The first kappa shape index (κ1) is 18.2. The molecule has 0 radical (unpaired) electrons. The van der Waals surface area contributed by atoms with E-state index in [0.29, 0.717) is 16.9 Å². The number of halogens is 1. The van der Waals surface area contributed by atoms with Gasteiger partial charge in [-0.25, -0.2) is 9.18 Å². The number of benzene rings is 2. The van der Waals surface area contributed by atoms with Crippen LogP contribution in [0.25, 0.3) is 0 Å². The van der Waals surface area contributed by atoms with Crippen LogP contribution < -0.4 is 0 Å². The van der Waals surface area contributed by atoms with E-state index in [0.717, 1.165) is 21.9 Å². The quantitative estimate of drug-likeness (QED) is 0.447. The van der Waals surface area contributed by atoms with Crippen molar-refractivity contribution in [1.29, 1.82) is 0 Å². The van der Waals surface area contributed by atoms with Gasteiger partial charge in [-0.3, -0.25) is 0 Å². The van der Waals surface area contributed by atoms with Gasteiger partial charge in [0.15, 0.2) is 0 Å². The maximum Gasteiger partial charge on any atom is 0.339 e. The highest BCUT2D eigenvalue weighted by atomic mass is 32.2. The number of carbonyl (C=O) groups excluding carboxylic acids is 1. The van der Waals surface area contributed by atoms with E-state index in [-0.39, 0.29) is 12.4 Å². The summed E-state index contributed by atoms with van der Waals surface area (Å²) in [6.07, 6.45) is 0. The normalized spacial score (nSPS) is 10.7. The summed E-state index contributed by atoms with van der Waals surface area (Å²) in [5.74, 6) is 0.546. The number of ether oxygens (including phenoxy) is 1. The van der Waals surface area contributed by atoms with Crippen LogP contribution in [0.4, 0.5) is 4.39 Å². The average molecular weight is 371 g/mol. The molecule has 0 saturated heterocycles. The zero-order valence-corrected chi connectivity index (χ0v) is 15.3. The molecule has 3 rings (SSSR count). The molecule has 6 heteroatoms. The van der Waals surface area contributed by atoms with Gasteiger partial charge in [-0.15, -0.1) is 11.8 Å². The highest BCUT2D eigenvalue weighted by molar-refractivity contribution is 7.98. The van der Waals surface area contributed by atoms with Crippen molar-refractivity contribution in [2.75, 3.05) is 0 Å². The van der Waals surface area contributed by atoms with Crippen molar-refractivity contribution in [3.05, 3.63) is 82.5 Å². The third kappa shape index (κ3) is 4.14. The van der Waals surface area contributed by atoms with Crippen LogP contribution in [0.1, 0.15) is 32.9 Å². The fourth-order valence-corrected chi connectivity index (χ4v) is 3.65. The summed E-state index contributed by atoms with van der Waals surface area (Å²) < 4.78 is 24.1. The number of thioether (sulfide) groups is 1. The Balaban J connectivity index is 1.70. The number of aromatic nitrogens is 1. The van der Waals surface area contributed by atoms with Crippen LogP contribution in [-0.4, -0.2) is 11.1 Å². The van der Waals surface area contributed by atoms with Gasteiger partial charge in [-0.05, 0) is 32.0 Å². The van der Waals surface area contributed by atoms with Crippen molar-refractivity contribution < 1.29 is 18.4 Å². The van der Waals surface area contributed by atoms with Gasteiger partial charge in [0, 0.05) is 21.8 Å². The fraction of sp³-hybridized carbons (Fsp3) is 0.200. The lowest BCUT2D eigenvalue weighted by Crippen LogP contribution is -2.07. The van der Waals surface area contributed by atoms with Crippen LogP contribution in [0.15, 0.2) is 57.9 Å². The molecule has 2 aromatic carbocycles. The summed E-state index contributed by atoms with van der Waals surface area (Å²) in [4.78, 5) is 13.3. The topological polar surface area (TPSA) is 52.3 Å². The molecule has 3 aromatic rings. The van der Waals surface area contributed by atoms with Crippen molar-refractivity contribution in [2.24, 2.45) is 0 Å². The second-order valence-corrected chi connectivity index (χ2v) is 6.77. The SMILES string of the molecule is Cc1noc(C)c1CSc1ccccc1C(=O)OCc1ccccc1F. The van der Waals surface area contributed by atoms with E-state index in [2.05, 4.69) is 5.16 Å². The van der Waals surface area contributed by atoms with E-state index in [1.165, 1.54) is 17.8 Å². The minimum Gasteiger partial charge on any atom is -0.457 e. The Morgan fingerprint density at radius 2 is 1.88 bits per heavy atom. The Labute approximate surface area is 155 Å². The minimum atomic E-state index is -0.477. The number of nitrogens with zero attached hydrogens (tertiary/aromatic N) is 1. The lowest BCUT2D eigenvalue weighted by Gasteiger charge is -2.10. The van der Waals surface area contributed by atoms with Crippen molar-refractivity contribution in [3.8, 4) is 0 Å². The summed E-state index contributed by atoms with van der Waals surface area (Å²) in [7, 11) is 0. The van der Waals surface area contributed by atoms with Gasteiger partial charge < -0.3 is 9.26 Å². The predicted octanol–water partition coefficient (Wildman–Crippen LogP) is 5.08. The van der Waals surface area contributed by atoms with Gasteiger partial charge >= 0.3 is 5.97 Å². The molecule has 0 N–H and O–H groups in total. The molecule has 0 aliphatic heterocycles. The molecule has 1 aromatic heterocycles. The standard InChI is InChI=1S/C20H18FNO3S/c1-13-17(14(2)25-22-13)12-26-19-10-6-4-8-16(19)20(23)24-11-15-7-3-5-9-18(15)21/h3-10H,11-12H2,1-2H3. The molecule has 0 fully saturated rings.